The summed E-state index contributed by atoms with van der Waals surface area (Å²) in [7, 11) is 0. The second-order valence-corrected chi connectivity index (χ2v) is 9.36. The van der Waals surface area contributed by atoms with Crippen LogP contribution < -0.4 is 4.74 Å². The van der Waals surface area contributed by atoms with Crippen LogP contribution in [0.1, 0.15) is 41.7 Å². The minimum atomic E-state index is -0.945. The van der Waals surface area contributed by atoms with Gasteiger partial charge in [0.2, 0.25) is 0 Å². The highest BCUT2D eigenvalue weighted by atomic mass is 32.1. The van der Waals surface area contributed by atoms with Crippen molar-refractivity contribution in [3.8, 4) is 16.3 Å². The van der Waals surface area contributed by atoms with Crippen LogP contribution in [-0.2, 0) is 11.4 Å². The lowest BCUT2D eigenvalue weighted by Crippen LogP contribution is -2.39. The Morgan fingerprint density at radius 2 is 1.76 bits per heavy atom. The van der Waals surface area contributed by atoms with Gasteiger partial charge in [0.05, 0.1) is 16.7 Å². The van der Waals surface area contributed by atoms with Crippen molar-refractivity contribution in [1.82, 2.24) is 4.98 Å². The van der Waals surface area contributed by atoms with Gasteiger partial charge < -0.3 is 9.84 Å². The van der Waals surface area contributed by atoms with E-state index in [1.807, 2.05) is 66.0 Å². The molecule has 1 fully saturated rings. The topological polar surface area (TPSA) is 76.5 Å². The molecule has 1 aromatic heterocycles. The number of nitrogens with zero attached hydrogens (tertiary/aromatic N) is 1. The zero-order valence-corrected chi connectivity index (χ0v) is 18.8. The van der Waals surface area contributed by atoms with Gasteiger partial charge in [-0.1, -0.05) is 67.1 Å². The summed E-state index contributed by atoms with van der Waals surface area (Å²) in [5.74, 6) is -0.588. The maximum Gasteiger partial charge on any atom is 0.310 e. The second-order valence-electron chi connectivity index (χ2n) is 8.50. The Labute approximate surface area is 195 Å². The van der Waals surface area contributed by atoms with Crippen molar-refractivity contribution >= 4 is 33.9 Å². The van der Waals surface area contributed by atoms with Crippen molar-refractivity contribution in [2.24, 2.45) is 5.41 Å². The summed E-state index contributed by atoms with van der Waals surface area (Å²) < 4.78 is 6.21. The zero-order chi connectivity index (χ0) is 22.8. The summed E-state index contributed by atoms with van der Waals surface area (Å²) in [5.41, 5.74) is 1.32. The molecular weight excluding hydrogens is 434 g/mol. The van der Waals surface area contributed by atoms with Gasteiger partial charge in [-0.3, -0.25) is 9.59 Å². The Balaban J connectivity index is 1.44. The maximum atomic E-state index is 13.3. The number of thiazole rings is 1. The minimum Gasteiger partial charge on any atom is -0.486 e. The molecule has 0 bridgehead atoms. The molecule has 1 N–H and O–H groups in total. The third-order valence-electron chi connectivity index (χ3n) is 6.38. The van der Waals surface area contributed by atoms with Crippen molar-refractivity contribution in [3.05, 3.63) is 83.4 Å². The molecule has 0 unspecified atom stereocenters. The molecule has 6 heteroatoms. The Hall–Kier alpha value is -3.51. The highest BCUT2D eigenvalue weighted by Gasteiger charge is 2.46. The van der Waals surface area contributed by atoms with Gasteiger partial charge in [0.25, 0.3) is 0 Å². The summed E-state index contributed by atoms with van der Waals surface area (Å²) in [6.07, 6.45) is 1.91. The number of carbonyl (C=O) groups excluding carboxylic acids is 1. The van der Waals surface area contributed by atoms with Crippen LogP contribution in [0.4, 0.5) is 0 Å². The summed E-state index contributed by atoms with van der Waals surface area (Å²) in [4.78, 5) is 29.8. The van der Waals surface area contributed by atoms with Crippen molar-refractivity contribution in [2.75, 3.05) is 0 Å². The predicted molar refractivity (Wildman–Crippen MR) is 129 cm³/mol. The van der Waals surface area contributed by atoms with Crippen LogP contribution in [0.3, 0.4) is 0 Å². The fraction of sp³-hybridized carbons (Fsp3) is 0.222. The highest BCUT2D eigenvalue weighted by Crippen LogP contribution is 2.46. The molecule has 1 heterocycles. The van der Waals surface area contributed by atoms with Crippen molar-refractivity contribution in [3.63, 3.8) is 0 Å². The van der Waals surface area contributed by atoms with Gasteiger partial charge in [-0.05, 0) is 24.3 Å². The summed E-state index contributed by atoms with van der Waals surface area (Å²) in [6, 6.07) is 21.3. The smallest absolute Gasteiger partial charge is 0.310 e. The number of ketones is 1. The Bertz CT molecular complexity index is 1320. The Kier molecular flexibility index (Phi) is 5.68. The lowest BCUT2D eigenvalue weighted by molar-refractivity contribution is -0.154. The quantitative estimate of drug-likeness (QED) is 0.311. The molecule has 33 heavy (non-hydrogen) atoms. The van der Waals surface area contributed by atoms with Gasteiger partial charge in [0, 0.05) is 22.8 Å². The minimum absolute atomic E-state index is 0.00805. The monoisotopic (exact) mass is 457 g/mol. The first-order chi connectivity index (χ1) is 16.1. The van der Waals surface area contributed by atoms with Crippen LogP contribution in [0, 0.1) is 5.41 Å². The van der Waals surface area contributed by atoms with Gasteiger partial charge in [0.1, 0.15) is 17.4 Å². The first-order valence-corrected chi connectivity index (χ1v) is 11.8. The molecule has 1 saturated carbocycles. The zero-order valence-electron chi connectivity index (χ0n) is 18.0. The van der Waals surface area contributed by atoms with Crippen molar-refractivity contribution in [1.29, 1.82) is 0 Å². The molecule has 0 spiro atoms. The number of aliphatic carboxylic acids is 1. The summed E-state index contributed by atoms with van der Waals surface area (Å²) in [5, 5.41) is 14.3. The number of benzene rings is 3. The molecular formula is C27H23NO4S. The van der Waals surface area contributed by atoms with E-state index in [1.54, 1.807) is 17.4 Å². The molecule has 1 aliphatic carbocycles. The SMILES string of the molecule is O=C(CC1(C(=O)O)CCC1)c1ccc2ccccc2c1OCc1csc(-c2ccccc2)n1. The predicted octanol–water partition coefficient (Wildman–Crippen LogP) is 6.37. The fourth-order valence-corrected chi connectivity index (χ4v) is 5.13. The molecule has 5 nitrogen and oxygen atoms in total. The van der Waals surface area contributed by atoms with E-state index in [9.17, 15) is 14.7 Å². The van der Waals surface area contributed by atoms with Gasteiger partial charge in [0.15, 0.2) is 5.78 Å². The normalized spacial score (nSPS) is 14.5. The van der Waals surface area contributed by atoms with E-state index in [1.165, 1.54) is 0 Å². The number of carboxylic acid groups (broad SMARTS) is 1. The maximum absolute atomic E-state index is 13.3. The van der Waals surface area contributed by atoms with E-state index in [2.05, 4.69) is 4.98 Å². The molecule has 3 aromatic carbocycles. The third-order valence-corrected chi connectivity index (χ3v) is 7.32. The molecule has 0 atom stereocenters. The first kappa shape index (κ1) is 21.3. The van der Waals surface area contributed by atoms with E-state index < -0.39 is 11.4 Å². The van der Waals surface area contributed by atoms with E-state index in [4.69, 9.17) is 4.74 Å². The molecule has 4 aromatic rings. The largest absolute Gasteiger partial charge is 0.486 e. The number of fused-ring (bicyclic) bond motifs is 1. The van der Waals surface area contributed by atoms with Crippen LogP contribution in [-0.4, -0.2) is 21.8 Å². The Morgan fingerprint density at radius 1 is 1.00 bits per heavy atom. The van der Waals surface area contributed by atoms with Gasteiger partial charge >= 0.3 is 5.97 Å². The molecule has 1 aliphatic rings. The number of carbonyl (C=O) groups is 2. The van der Waals surface area contributed by atoms with Crippen LogP contribution in [0.5, 0.6) is 5.75 Å². The molecule has 0 aliphatic heterocycles. The second kappa shape index (κ2) is 8.79. The summed E-state index contributed by atoms with van der Waals surface area (Å²) in [6.45, 7) is 0.224. The molecule has 0 saturated heterocycles. The average molecular weight is 458 g/mol. The van der Waals surface area contributed by atoms with E-state index in [0.717, 1.165) is 33.5 Å². The number of hydrogen-bond donors (Lipinski definition) is 1. The standard InChI is InChI=1S/C27H23NO4S/c29-23(15-27(26(30)31)13-6-14-27)22-12-11-18-7-4-5-10-21(18)24(22)32-16-20-17-33-25(28-20)19-8-2-1-3-9-19/h1-5,7-12,17H,6,13-16H2,(H,30,31). The van der Waals surface area contributed by atoms with Gasteiger partial charge in [-0.2, -0.15) is 0 Å². The van der Waals surface area contributed by atoms with Crippen molar-refractivity contribution in [2.45, 2.75) is 32.3 Å². The number of Topliss-reactive ketones (excluding diaryl/α,β-unsaturated/α-hetero) is 1. The molecule has 166 valence electrons. The van der Waals surface area contributed by atoms with Gasteiger partial charge in [-0.25, -0.2) is 4.98 Å². The number of aromatic nitrogens is 1. The number of hydrogen-bond acceptors (Lipinski definition) is 5. The van der Waals surface area contributed by atoms with Crippen LogP contribution in [0.2, 0.25) is 0 Å². The van der Waals surface area contributed by atoms with Crippen molar-refractivity contribution < 1.29 is 19.4 Å². The molecule has 0 amide bonds. The molecule has 5 rings (SSSR count). The lowest BCUT2D eigenvalue weighted by Gasteiger charge is -2.37. The fourth-order valence-electron chi connectivity index (χ4n) is 4.32. The summed E-state index contributed by atoms with van der Waals surface area (Å²) >= 11 is 1.55. The first-order valence-electron chi connectivity index (χ1n) is 11.0. The van der Waals surface area contributed by atoms with Crippen LogP contribution in [0.15, 0.2) is 72.1 Å². The van der Waals surface area contributed by atoms with Crippen LogP contribution in [0.25, 0.3) is 21.3 Å². The third kappa shape index (κ3) is 4.14. The van der Waals surface area contributed by atoms with E-state index in [0.29, 0.717) is 24.2 Å². The number of rotatable bonds is 8. The average Bonchev–Trinajstić information content (AvgIpc) is 3.29. The van der Waals surface area contributed by atoms with E-state index in [-0.39, 0.29) is 18.8 Å². The number of ether oxygens (including phenoxy) is 1. The number of carboxylic acids is 1. The lowest BCUT2D eigenvalue weighted by atomic mass is 9.65. The molecule has 0 radical (unpaired) electrons. The highest BCUT2D eigenvalue weighted by molar-refractivity contribution is 7.13. The van der Waals surface area contributed by atoms with E-state index >= 15 is 0 Å². The van der Waals surface area contributed by atoms with Crippen LogP contribution >= 0.6 is 11.3 Å². The Morgan fingerprint density at radius 3 is 2.48 bits per heavy atom. The van der Waals surface area contributed by atoms with Gasteiger partial charge in [-0.15, -0.1) is 11.3 Å².